The Morgan fingerprint density at radius 3 is 2.36 bits per heavy atom. The molecule has 0 radical (unpaired) electrons. The zero-order valence-corrected chi connectivity index (χ0v) is 16.8. The molecule has 1 fully saturated rings. The van der Waals surface area contributed by atoms with Crippen LogP contribution in [-0.4, -0.2) is 51.2 Å². The van der Waals surface area contributed by atoms with Crippen molar-refractivity contribution in [3.05, 3.63) is 48.3 Å². The van der Waals surface area contributed by atoms with Crippen LogP contribution >= 0.6 is 12.2 Å². The van der Waals surface area contributed by atoms with Crippen LogP contribution in [0.4, 0.5) is 15.8 Å². The Morgan fingerprint density at radius 2 is 1.71 bits per heavy atom. The molecule has 2 N–H and O–H groups in total. The van der Waals surface area contributed by atoms with E-state index >= 15 is 0 Å². The molecule has 1 saturated heterocycles. The van der Waals surface area contributed by atoms with Gasteiger partial charge in [0.1, 0.15) is 16.5 Å². The van der Waals surface area contributed by atoms with E-state index < -0.39 is 10.0 Å². The predicted molar refractivity (Wildman–Crippen MR) is 109 cm³/mol. The van der Waals surface area contributed by atoms with E-state index in [1.807, 2.05) is 0 Å². The molecular formula is C18H20FN3O4S2. The summed E-state index contributed by atoms with van der Waals surface area (Å²) in [6.07, 6.45) is 0. The molecular weight excluding hydrogens is 405 g/mol. The molecule has 7 nitrogen and oxygen atoms in total. The van der Waals surface area contributed by atoms with Crippen molar-refractivity contribution in [2.75, 3.05) is 44.0 Å². The van der Waals surface area contributed by atoms with Gasteiger partial charge in [0.15, 0.2) is 5.11 Å². The van der Waals surface area contributed by atoms with Crippen molar-refractivity contribution in [1.29, 1.82) is 0 Å². The number of nitrogens with zero attached hydrogens (tertiary/aromatic N) is 1. The monoisotopic (exact) mass is 425 g/mol. The molecule has 150 valence electrons. The molecule has 0 spiro atoms. The summed E-state index contributed by atoms with van der Waals surface area (Å²) in [4.78, 5) is 0.0477. The lowest BCUT2D eigenvalue weighted by Gasteiger charge is -2.27. The van der Waals surface area contributed by atoms with E-state index in [0.717, 1.165) is 0 Å². The maximum atomic E-state index is 13.0. The molecule has 2 aromatic carbocycles. The quantitative estimate of drug-likeness (QED) is 0.713. The number of rotatable bonds is 5. The third-order valence-electron chi connectivity index (χ3n) is 4.11. The van der Waals surface area contributed by atoms with Crippen LogP contribution in [0.2, 0.25) is 0 Å². The molecule has 3 rings (SSSR count). The Bertz CT molecular complexity index is 946. The number of hydrogen-bond donors (Lipinski definition) is 2. The summed E-state index contributed by atoms with van der Waals surface area (Å²) in [6, 6.07) is 10.4. The second-order valence-electron chi connectivity index (χ2n) is 5.97. The molecule has 28 heavy (non-hydrogen) atoms. The van der Waals surface area contributed by atoms with Gasteiger partial charge in [0.25, 0.3) is 0 Å². The van der Waals surface area contributed by atoms with Crippen molar-refractivity contribution in [3.8, 4) is 5.75 Å². The Balaban J connectivity index is 1.80. The molecule has 1 aliphatic heterocycles. The highest BCUT2D eigenvalue weighted by atomic mass is 32.2. The number of morpholine rings is 1. The van der Waals surface area contributed by atoms with Crippen molar-refractivity contribution < 1.29 is 22.3 Å². The fraction of sp³-hybridized carbons (Fsp3) is 0.278. The lowest BCUT2D eigenvalue weighted by Crippen LogP contribution is -2.40. The lowest BCUT2D eigenvalue weighted by molar-refractivity contribution is 0.0729. The first-order valence-corrected chi connectivity index (χ1v) is 10.3. The van der Waals surface area contributed by atoms with Crippen LogP contribution < -0.4 is 15.4 Å². The van der Waals surface area contributed by atoms with Gasteiger partial charge in [0.2, 0.25) is 10.0 Å². The maximum Gasteiger partial charge on any atom is 0.246 e. The summed E-state index contributed by atoms with van der Waals surface area (Å²) in [5, 5.41) is 6.09. The first kappa shape index (κ1) is 20.5. The third kappa shape index (κ3) is 4.76. The number of thiocarbonyl (C=S) groups is 1. The number of ether oxygens (including phenoxy) is 2. The molecule has 0 aromatic heterocycles. The molecule has 0 atom stereocenters. The largest absolute Gasteiger partial charge is 0.495 e. The average Bonchev–Trinajstić information content (AvgIpc) is 2.70. The second kappa shape index (κ2) is 8.82. The standard InChI is InChI=1S/C18H20FN3O4S2/c1-25-16-7-6-15(21-18(27)20-14-4-2-13(19)3-5-14)12-17(16)28(23,24)22-8-10-26-11-9-22/h2-7,12H,8-11H2,1H3,(H2,20,21,27). The van der Waals surface area contributed by atoms with Gasteiger partial charge in [0, 0.05) is 24.5 Å². The van der Waals surface area contributed by atoms with Gasteiger partial charge in [-0.2, -0.15) is 4.31 Å². The van der Waals surface area contributed by atoms with Crippen LogP contribution in [0.15, 0.2) is 47.4 Å². The number of sulfonamides is 1. The SMILES string of the molecule is COc1ccc(NC(=S)Nc2ccc(F)cc2)cc1S(=O)(=O)N1CCOCC1. The minimum absolute atomic E-state index is 0.0477. The van der Waals surface area contributed by atoms with Crippen LogP contribution in [0.1, 0.15) is 0 Å². The molecule has 10 heteroatoms. The smallest absolute Gasteiger partial charge is 0.246 e. The van der Waals surface area contributed by atoms with Gasteiger partial charge in [-0.15, -0.1) is 0 Å². The van der Waals surface area contributed by atoms with Crippen LogP contribution in [0.3, 0.4) is 0 Å². The van der Waals surface area contributed by atoms with Crippen molar-refractivity contribution in [2.24, 2.45) is 0 Å². The number of nitrogens with one attached hydrogen (secondary N) is 2. The normalized spacial score (nSPS) is 15.1. The average molecular weight is 426 g/mol. The van der Waals surface area contributed by atoms with Gasteiger partial charge in [-0.25, -0.2) is 12.8 Å². The summed E-state index contributed by atoms with van der Waals surface area (Å²) >= 11 is 5.25. The van der Waals surface area contributed by atoms with Gasteiger partial charge < -0.3 is 20.1 Å². The van der Waals surface area contributed by atoms with Crippen LogP contribution in [0.25, 0.3) is 0 Å². The lowest BCUT2D eigenvalue weighted by atomic mass is 10.3. The summed E-state index contributed by atoms with van der Waals surface area (Å²) in [7, 11) is -2.33. The Morgan fingerprint density at radius 1 is 1.11 bits per heavy atom. The van der Waals surface area contributed by atoms with Gasteiger partial charge in [-0.1, -0.05) is 0 Å². The maximum absolute atomic E-state index is 13.0. The highest BCUT2D eigenvalue weighted by Gasteiger charge is 2.29. The van der Waals surface area contributed by atoms with Gasteiger partial charge >= 0.3 is 0 Å². The molecule has 0 amide bonds. The van der Waals surface area contributed by atoms with E-state index in [1.165, 1.54) is 29.6 Å². The number of benzene rings is 2. The number of hydrogen-bond acceptors (Lipinski definition) is 5. The molecule has 1 aliphatic rings. The third-order valence-corrected chi connectivity index (χ3v) is 6.24. The predicted octanol–water partition coefficient (Wildman–Crippen LogP) is 2.66. The van der Waals surface area contributed by atoms with E-state index in [-0.39, 0.29) is 34.7 Å². The number of halogens is 1. The van der Waals surface area contributed by atoms with E-state index in [9.17, 15) is 12.8 Å². The van der Waals surface area contributed by atoms with Crippen LogP contribution in [-0.2, 0) is 14.8 Å². The fourth-order valence-corrected chi connectivity index (χ4v) is 4.53. The second-order valence-corrected chi connectivity index (χ2v) is 8.28. The van der Waals surface area contributed by atoms with Crippen molar-refractivity contribution >= 4 is 38.7 Å². The van der Waals surface area contributed by atoms with Gasteiger partial charge in [-0.05, 0) is 54.7 Å². The summed E-state index contributed by atoms with van der Waals surface area (Å²) in [5.74, 6) is -0.105. The molecule has 1 heterocycles. The van der Waals surface area contributed by atoms with Crippen LogP contribution in [0.5, 0.6) is 5.75 Å². The Kier molecular flexibility index (Phi) is 6.45. The molecule has 2 aromatic rings. The first-order chi connectivity index (χ1) is 13.4. The minimum atomic E-state index is -3.74. The minimum Gasteiger partial charge on any atom is -0.495 e. The Labute approximate surface area is 168 Å². The van der Waals surface area contributed by atoms with E-state index in [1.54, 1.807) is 24.3 Å². The summed E-state index contributed by atoms with van der Waals surface area (Å²) in [5.41, 5.74) is 1.08. The van der Waals surface area contributed by atoms with Gasteiger partial charge in [0.05, 0.1) is 20.3 Å². The number of anilines is 2. The van der Waals surface area contributed by atoms with Crippen molar-refractivity contribution in [3.63, 3.8) is 0 Å². The molecule has 0 aliphatic carbocycles. The van der Waals surface area contributed by atoms with Crippen molar-refractivity contribution in [1.82, 2.24) is 4.31 Å². The van der Waals surface area contributed by atoms with E-state index in [4.69, 9.17) is 21.7 Å². The fourth-order valence-electron chi connectivity index (χ4n) is 2.71. The number of methoxy groups -OCH3 is 1. The highest BCUT2D eigenvalue weighted by Crippen LogP contribution is 2.30. The molecule has 0 saturated carbocycles. The van der Waals surface area contributed by atoms with Crippen LogP contribution in [0, 0.1) is 5.82 Å². The molecule has 0 bridgehead atoms. The zero-order chi connectivity index (χ0) is 20.1. The summed E-state index contributed by atoms with van der Waals surface area (Å²) < 4.78 is 50.8. The topological polar surface area (TPSA) is 79.9 Å². The molecule has 0 unspecified atom stereocenters. The van der Waals surface area contributed by atoms with E-state index in [0.29, 0.717) is 24.6 Å². The first-order valence-electron chi connectivity index (χ1n) is 8.49. The van der Waals surface area contributed by atoms with E-state index in [2.05, 4.69) is 10.6 Å². The summed E-state index contributed by atoms with van der Waals surface area (Å²) in [6.45, 7) is 1.28. The van der Waals surface area contributed by atoms with Crippen molar-refractivity contribution in [2.45, 2.75) is 4.90 Å². The Hall–Kier alpha value is -2.27. The van der Waals surface area contributed by atoms with Gasteiger partial charge in [-0.3, -0.25) is 0 Å². The highest BCUT2D eigenvalue weighted by molar-refractivity contribution is 7.89. The zero-order valence-electron chi connectivity index (χ0n) is 15.1.